The number of halogens is 1. The number of hydrogen-bond donors (Lipinski definition) is 3. The average molecular weight is 345 g/mol. The summed E-state index contributed by atoms with van der Waals surface area (Å²) in [6, 6.07) is 6.44. The van der Waals surface area contributed by atoms with E-state index >= 15 is 0 Å². The highest BCUT2D eigenvalue weighted by molar-refractivity contribution is 5.85. The minimum absolute atomic E-state index is 0. The lowest BCUT2D eigenvalue weighted by Gasteiger charge is -2.06. The van der Waals surface area contributed by atoms with Gasteiger partial charge in [-0.05, 0) is 24.8 Å². The molecule has 2 amide bonds. The van der Waals surface area contributed by atoms with E-state index in [1.54, 1.807) is 12.1 Å². The third kappa shape index (κ3) is 8.74. The van der Waals surface area contributed by atoms with Crippen LogP contribution in [0.2, 0.25) is 0 Å². The second-order valence-electron chi connectivity index (χ2n) is 4.71. The molecule has 1 aromatic rings. The SMILES string of the molecule is Cl.NCC(=O)NCC(=O)NCCCCc1ccc([N+](=O)[O-])cc1. The van der Waals surface area contributed by atoms with Crippen molar-refractivity contribution >= 4 is 29.9 Å². The molecule has 1 rings (SSSR count). The van der Waals surface area contributed by atoms with Crippen molar-refractivity contribution in [3.05, 3.63) is 39.9 Å². The van der Waals surface area contributed by atoms with Crippen molar-refractivity contribution in [2.75, 3.05) is 19.6 Å². The van der Waals surface area contributed by atoms with E-state index in [0.717, 1.165) is 24.8 Å². The Morgan fingerprint density at radius 3 is 2.30 bits per heavy atom. The van der Waals surface area contributed by atoms with Gasteiger partial charge in [-0.15, -0.1) is 12.4 Å². The number of unbranched alkanes of at least 4 members (excludes halogenated alkanes) is 1. The molecule has 0 saturated carbocycles. The molecule has 4 N–H and O–H groups in total. The Hall–Kier alpha value is -2.19. The van der Waals surface area contributed by atoms with Crippen molar-refractivity contribution in [3.63, 3.8) is 0 Å². The van der Waals surface area contributed by atoms with Gasteiger partial charge in [0.2, 0.25) is 11.8 Å². The lowest BCUT2D eigenvalue weighted by Crippen LogP contribution is -2.39. The van der Waals surface area contributed by atoms with Crippen LogP contribution in [0.3, 0.4) is 0 Å². The number of nitrogens with zero attached hydrogens (tertiary/aromatic N) is 1. The number of hydrogen-bond acceptors (Lipinski definition) is 5. The first kappa shape index (κ1) is 20.8. The Balaban J connectivity index is 0.00000484. The van der Waals surface area contributed by atoms with Crippen LogP contribution in [0.1, 0.15) is 18.4 Å². The molecule has 0 bridgehead atoms. The normalized spacial score (nSPS) is 9.61. The summed E-state index contributed by atoms with van der Waals surface area (Å²) in [6.45, 7) is 0.311. The first-order valence-electron chi connectivity index (χ1n) is 6.99. The molecular formula is C14H21ClN4O4. The number of benzene rings is 1. The fourth-order valence-electron chi connectivity index (χ4n) is 1.78. The molecule has 0 aromatic heterocycles. The van der Waals surface area contributed by atoms with Crippen LogP contribution in [0.4, 0.5) is 5.69 Å². The van der Waals surface area contributed by atoms with Crippen LogP contribution >= 0.6 is 12.4 Å². The fraction of sp³-hybridized carbons (Fsp3) is 0.429. The van der Waals surface area contributed by atoms with Gasteiger partial charge in [-0.1, -0.05) is 12.1 Å². The number of nitrogens with two attached hydrogens (primary N) is 1. The lowest BCUT2D eigenvalue weighted by molar-refractivity contribution is -0.384. The summed E-state index contributed by atoms with van der Waals surface area (Å²) in [6.07, 6.45) is 2.43. The topological polar surface area (TPSA) is 127 Å². The molecule has 0 saturated heterocycles. The van der Waals surface area contributed by atoms with Crippen molar-refractivity contribution in [3.8, 4) is 0 Å². The van der Waals surface area contributed by atoms with E-state index in [9.17, 15) is 19.7 Å². The standard InChI is InChI=1S/C14H20N4O4.ClH/c15-9-13(19)17-10-14(20)16-8-2-1-3-11-4-6-12(7-5-11)18(21)22;/h4-7H,1-3,8-10,15H2,(H,16,20)(H,17,19);1H. The highest BCUT2D eigenvalue weighted by atomic mass is 35.5. The van der Waals surface area contributed by atoms with Gasteiger partial charge in [0.05, 0.1) is 18.0 Å². The van der Waals surface area contributed by atoms with E-state index in [-0.39, 0.29) is 43.0 Å². The Labute approximate surface area is 140 Å². The number of nitro groups is 1. The molecule has 8 nitrogen and oxygen atoms in total. The predicted molar refractivity (Wildman–Crippen MR) is 88.4 cm³/mol. The number of carbonyl (C=O) groups excluding carboxylic acids is 2. The van der Waals surface area contributed by atoms with Crippen LogP contribution in [0, 0.1) is 10.1 Å². The van der Waals surface area contributed by atoms with Crippen molar-refractivity contribution < 1.29 is 14.5 Å². The largest absolute Gasteiger partial charge is 0.355 e. The molecule has 0 unspecified atom stereocenters. The maximum absolute atomic E-state index is 11.4. The summed E-state index contributed by atoms with van der Waals surface area (Å²) in [4.78, 5) is 32.3. The Kier molecular flexibility index (Phi) is 10.3. The number of nitrogens with one attached hydrogen (secondary N) is 2. The zero-order valence-corrected chi connectivity index (χ0v) is 13.4. The van der Waals surface area contributed by atoms with Crippen molar-refractivity contribution in [2.24, 2.45) is 5.73 Å². The van der Waals surface area contributed by atoms with Gasteiger partial charge in [-0.2, -0.15) is 0 Å². The summed E-state index contributed by atoms with van der Waals surface area (Å²) < 4.78 is 0. The van der Waals surface area contributed by atoms with E-state index in [0.29, 0.717) is 6.54 Å². The first-order valence-corrected chi connectivity index (χ1v) is 6.99. The van der Waals surface area contributed by atoms with Crippen LogP contribution in [-0.2, 0) is 16.0 Å². The van der Waals surface area contributed by atoms with Crippen LogP contribution in [0.15, 0.2) is 24.3 Å². The van der Waals surface area contributed by atoms with Gasteiger partial charge < -0.3 is 16.4 Å². The third-order valence-corrected chi connectivity index (χ3v) is 2.99. The van der Waals surface area contributed by atoms with Gasteiger partial charge in [0.1, 0.15) is 0 Å². The van der Waals surface area contributed by atoms with E-state index in [1.165, 1.54) is 12.1 Å². The minimum Gasteiger partial charge on any atom is -0.355 e. The average Bonchev–Trinajstić information content (AvgIpc) is 2.52. The quantitative estimate of drug-likeness (QED) is 0.342. The van der Waals surface area contributed by atoms with E-state index < -0.39 is 4.92 Å². The van der Waals surface area contributed by atoms with Crippen LogP contribution in [0.5, 0.6) is 0 Å². The predicted octanol–water partition coefficient (Wildman–Crippen LogP) is 0.530. The first-order chi connectivity index (χ1) is 10.5. The highest BCUT2D eigenvalue weighted by Gasteiger charge is 2.04. The van der Waals surface area contributed by atoms with Gasteiger partial charge in [0.15, 0.2) is 0 Å². The number of carbonyl (C=O) groups is 2. The van der Waals surface area contributed by atoms with E-state index in [4.69, 9.17) is 5.73 Å². The Morgan fingerprint density at radius 1 is 1.09 bits per heavy atom. The molecule has 0 spiro atoms. The van der Waals surface area contributed by atoms with Gasteiger partial charge in [0.25, 0.3) is 5.69 Å². The van der Waals surface area contributed by atoms with Gasteiger partial charge >= 0.3 is 0 Å². The Morgan fingerprint density at radius 2 is 1.74 bits per heavy atom. The summed E-state index contributed by atoms with van der Waals surface area (Å²) in [5.74, 6) is -0.620. The number of amides is 2. The number of nitro benzene ring substituents is 1. The molecule has 128 valence electrons. The monoisotopic (exact) mass is 344 g/mol. The molecule has 0 aliphatic heterocycles. The third-order valence-electron chi connectivity index (χ3n) is 2.99. The highest BCUT2D eigenvalue weighted by Crippen LogP contribution is 2.13. The van der Waals surface area contributed by atoms with Gasteiger partial charge in [-0.3, -0.25) is 19.7 Å². The smallest absolute Gasteiger partial charge is 0.269 e. The molecule has 0 fully saturated rings. The zero-order valence-electron chi connectivity index (χ0n) is 12.6. The maximum atomic E-state index is 11.4. The van der Waals surface area contributed by atoms with Crippen LogP contribution in [0.25, 0.3) is 0 Å². The Bertz CT molecular complexity index is 522. The fourth-order valence-corrected chi connectivity index (χ4v) is 1.78. The van der Waals surface area contributed by atoms with Crippen LogP contribution < -0.4 is 16.4 Å². The van der Waals surface area contributed by atoms with Crippen molar-refractivity contribution in [2.45, 2.75) is 19.3 Å². The molecule has 0 atom stereocenters. The number of rotatable bonds is 9. The minimum atomic E-state index is -0.428. The van der Waals surface area contributed by atoms with Crippen molar-refractivity contribution in [1.29, 1.82) is 0 Å². The molecule has 23 heavy (non-hydrogen) atoms. The molecule has 0 aliphatic rings. The van der Waals surface area contributed by atoms with Gasteiger partial charge in [0, 0.05) is 18.7 Å². The number of non-ortho nitro benzene ring substituents is 1. The van der Waals surface area contributed by atoms with Crippen molar-refractivity contribution in [1.82, 2.24) is 10.6 Å². The summed E-state index contributed by atoms with van der Waals surface area (Å²) in [5.41, 5.74) is 6.20. The molecule has 0 aliphatic carbocycles. The summed E-state index contributed by atoms with van der Waals surface area (Å²) in [5, 5.41) is 15.6. The summed E-state index contributed by atoms with van der Waals surface area (Å²) in [7, 11) is 0. The zero-order chi connectivity index (χ0) is 16.4. The lowest BCUT2D eigenvalue weighted by atomic mass is 10.1. The molecule has 9 heteroatoms. The number of aryl methyl sites for hydroxylation is 1. The van der Waals surface area contributed by atoms with Crippen LogP contribution in [-0.4, -0.2) is 36.4 Å². The molecule has 0 radical (unpaired) electrons. The maximum Gasteiger partial charge on any atom is 0.269 e. The van der Waals surface area contributed by atoms with E-state index in [2.05, 4.69) is 10.6 Å². The second-order valence-corrected chi connectivity index (χ2v) is 4.71. The summed E-state index contributed by atoms with van der Waals surface area (Å²) >= 11 is 0. The van der Waals surface area contributed by atoms with E-state index in [1.807, 2.05) is 0 Å². The molecular weight excluding hydrogens is 324 g/mol. The second kappa shape index (κ2) is 11.4. The molecule has 0 heterocycles. The van der Waals surface area contributed by atoms with Gasteiger partial charge in [-0.25, -0.2) is 0 Å². The molecule has 1 aromatic carbocycles.